The van der Waals surface area contributed by atoms with Crippen molar-refractivity contribution in [3.63, 3.8) is 0 Å². The van der Waals surface area contributed by atoms with Gasteiger partial charge in [-0.3, -0.25) is 0 Å². The standard InChI is InChI=1S/C15H10Cl2N2O/c16-11-7-6-10(8-12(11)17)13-14(19-20-15(13)18)9-4-2-1-3-5-9/h1-8H,18H2. The molecule has 0 saturated carbocycles. The van der Waals surface area contributed by atoms with Crippen molar-refractivity contribution in [1.82, 2.24) is 5.16 Å². The van der Waals surface area contributed by atoms with Gasteiger partial charge in [0.25, 0.3) is 0 Å². The summed E-state index contributed by atoms with van der Waals surface area (Å²) in [5, 5.41) is 4.99. The molecule has 0 bridgehead atoms. The number of nitrogens with zero attached hydrogens (tertiary/aromatic N) is 1. The van der Waals surface area contributed by atoms with Crippen molar-refractivity contribution < 1.29 is 4.52 Å². The second-order valence-electron chi connectivity index (χ2n) is 4.27. The average molecular weight is 305 g/mol. The Bertz CT molecular complexity index is 754. The molecule has 1 heterocycles. The minimum atomic E-state index is 0.252. The fourth-order valence-corrected chi connectivity index (χ4v) is 2.32. The van der Waals surface area contributed by atoms with Crippen LogP contribution in [0.5, 0.6) is 0 Å². The van der Waals surface area contributed by atoms with E-state index in [1.54, 1.807) is 12.1 Å². The van der Waals surface area contributed by atoms with Crippen LogP contribution in [0, 0.1) is 0 Å². The first-order valence-electron chi connectivity index (χ1n) is 5.93. The van der Waals surface area contributed by atoms with Crippen molar-refractivity contribution in [3.8, 4) is 22.4 Å². The van der Waals surface area contributed by atoms with Gasteiger partial charge in [-0.25, -0.2) is 0 Å². The van der Waals surface area contributed by atoms with Gasteiger partial charge in [-0.1, -0.05) is 64.8 Å². The van der Waals surface area contributed by atoms with E-state index in [4.69, 9.17) is 33.5 Å². The van der Waals surface area contributed by atoms with E-state index in [2.05, 4.69) is 5.16 Å². The molecule has 0 amide bonds. The first-order chi connectivity index (χ1) is 9.66. The maximum atomic E-state index is 6.06. The van der Waals surface area contributed by atoms with Gasteiger partial charge >= 0.3 is 0 Å². The van der Waals surface area contributed by atoms with E-state index < -0.39 is 0 Å². The molecule has 20 heavy (non-hydrogen) atoms. The van der Waals surface area contributed by atoms with Crippen molar-refractivity contribution in [2.45, 2.75) is 0 Å². The highest BCUT2D eigenvalue weighted by molar-refractivity contribution is 6.42. The van der Waals surface area contributed by atoms with Gasteiger partial charge in [-0.15, -0.1) is 0 Å². The van der Waals surface area contributed by atoms with Crippen LogP contribution in [0.1, 0.15) is 0 Å². The van der Waals surface area contributed by atoms with Crippen LogP contribution < -0.4 is 5.73 Å². The van der Waals surface area contributed by atoms with E-state index in [1.165, 1.54) is 0 Å². The van der Waals surface area contributed by atoms with Crippen LogP contribution in [0.3, 0.4) is 0 Å². The molecule has 0 radical (unpaired) electrons. The Labute approximate surface area is 125 Å². The summed E-state index contributed by atoms with van der Waals surface area (Å²) in [4.78, 5) is 0. The number of hydrogen-bond acceptors (Lipinski definition) is 3. The first-order valence-corrected chi connectivity index (χ1v) is 6.68. The molecule has 2 aromatic carbocycles. The van der Waals surface area contributed by atoms with Crippen LogP contribution in [0.25, 0.3) is 22.4 Å². The molecule has 100 valence electrons. The Morgan fingerprint density at radius 3 is 2.35 bits per heavy atom. The molecule has 0 aliphatic rings. The summed E-state index contributed by atoms with van der Waals surface area (Å²) in [6.45, 7) is 0. The van der Waals surface area contributed by atoms with Gasteiger partial charge in [0.1, 0.15) is 5.69 Å². The third kappa shape index (κ3) is 2.26. The van der Waals surface area contributed by atoms with Crippen LogP contribution in [0.4, 0.5) is 5.88 Å². The highest BCUT2D eigenvalue weighted by Gasteiger charge is 2.17. The average Bonchev–Trinajstić information content (AvgIpc) is 2.85. The molecule has 3 nitrogen and oxygen atoms in total. The summed E-state index contributed by atoms with van der Waals surface area (Å²) in [7, 11) is 0. The number of rotatable bonds is 2. The molecule has 0 unspecified atom stereocenters. The molecule has 3 aromatic rings. The monoisotopic (exact) mass is 304 g/mol. The molecule has 5 heteroatoms. The Hall–Kier alpha value is -1.97. The number of hydrogen-bond donors (Lipinski definition) is 1. The molecular weight excluding hydrogens is 295 g/mol. The lowest BCUT2D eigenvalue weighted by Gasteiger charge is -2.04. The van der Waals surface area contributed by atoms with Gasteiger partial charge in [0.15, 0.2) is 0 Å². The fraction of sp³-hybridized carbons (Fsp3) is 0. The highest BCUT2D eigenvalue weighted by atomic mass is 35.5. The van der Waals surface area contributed by atoms with Crippen LogP contribution >= 0.6 is 23.2 Å². The van der Waals surface area contributed by atoms with Gasteiger partial charge in [0.05, 0.1) is 15.6 Å². The molecular formula is C15H10Cl2N2O. The lowest BCUT2D eigenvalue weighted by atomic mass is 10.0. The van der Waals surface area contributed by atoms with Crippen molar-refractivity contribution >= 4 is 29.1 Å². The lowest BCUT2D eigenvalue weighted by Crippen LogP contribution is -1.88. The largest absolute Gasteiger partial charge is 0.367 e. The van der Waals surface area contributed by atoms with Crippen LogP contribution in [0.2, 0.25) is 10.0 Å². The Kier molecular flexibility index (Phi) is 3.38. The number of halogens is 2. The van der Waals surface area contributed by atoms with E-state index in [0.717, 1.165) is 16.7 Å². The van der Waals surface area contributed by atoms with Gasteiger partial charge in [0, 0.05) is 5.56 Å². The quantitative estimate of drug-likeness (QED) is 0.732. The van der Waals surface area contributed by atoms with Gasteiger partial charge in [-0.05, 0) is 17.7 Å². The summed E-state index contributed by atoms with van der Waals surface area (Å²) in [5.74, 6) is 0.252. The molecule has 0 aliphatic heterocycles. The summed E-state index contributed by atoms with van der Waals surface area (Å²) in [6, 6.07) is 15.0. The third-order valence-electron chi connectivity index (χ3n) is 2.97. The highest BCUT2D eigenvalue weighted by Crippen LogP contribution is 2.38. The van der Waals surface area contributed by atoms with E-state index >= 15 is 0 Å². The van der Waals surface area contributed by atoms with Gasteiger partial charge in [0.2, 0.25) is 5.88 Å². The maximum absolute atomic E-state index is 6.06. The Morgan fingerprint density at radius 1 is 0.900 bits per heavy atom. The van der Waals surface area contributed by atoms with Crippen LogP contribution in [-0.4, -0.2) is 5.16 Å². The number of nitrogen functional groups attached to an aromatic ring is 1. The third-order valence-corrected chi connectivity index (χ3v) is 3.71. The Morgan fingerprint density at radius 2 is 1.65 bits per heavy atom. The SMILES string of the molecule is Nc1onc(-c2ccccc2)c1-c1ccc(Cl)c(Cl)c1. The zero-order valence-corrected chi connectivity index (χ0v) is 11.8. The molecule has 0 saturated heterocycles. The predicted molar refractivity (Wildman–Crippen MR) is 81.8 cm³/mol. The number of nitrogens with two attached hydrogens (primary N) is 1. The second kappa shape index (κ2) is 5.19. The molecule has 0 spiro atoms. The topological polar surface area (TPSA) is 52.0 Å². The van der Waals surface area contributed by atoms with E-state index in [1.807, 2.05) is 36.4 Å². The predicted octanol–water partition coefficient (Wildman–Crippen LogP) is 4.90. The van der Waals surface area contributed by atoms with Crippen LogP contribution in [0.15, 0.2) is 53.1 Å². The smallest absolute Gasteiger partial charge is 0.230 e. The lowest BCUT2D eigenvalue weighted by molar-refractivity contribution is 0.439. The van der Waals surface area contributed by atoms with E-state index in [0.29, 0.717) is 15.7 Å². The minimum absolute atomic E-state index is 0.252. The van der Waals surface area contributed by atoms with Crippen molar-refractivity contribution in [2.24, 2.45) is 0 Å². The molecule has 3 rings (SSSR count). The second-order valence-corrected chi connectivity index (χ2v) is 5.08. The van der Waals surface area contributed by atoms with Crippen molar-refractivity contribution in [2.75, 3.05) is 5.73 Å². The van der Waals surface area contributed by atoms with E-state index in [9.17, 15) is 0 Å². The molecule has 2 N–H and O–H groups in total. The zero-order valence-electron chi connectivity index (χ0n) is 10.3. The van der Waals surface area contributed by atoms with Crippen LogP contribution in [-0.2, 0) is 0 Å². The molecule has 0 fully saturated rings. The number of benzene rings is 2. The summed E-state index contributed by atoms with van der Waals surface area (Å²) >= 11 is 12.0. The first kappa shape index (κ1) is 13.0. The van der Waals surface area contributed by atoms with Crippen molar-refractivity contribution in [3.05, 3.63) is 58.6 Å². The molecule has 1 aromatic heterocycles. The molecule has 0 aliphatic carbocycles. The van der Waals surface area contributed by atoms with Gasteiger partial charge < -0.3 is 10.3 Å². The number of aromatic nitrogens is 1. The minimum Gasteiger partial charge on any atom is -0.367 e. The Balaban J connectivity index is 2.19. The summed E-state index contributed by atoms with van der Waals surface area (Å²) < 4.78 is 5.13. The molecule has 0 atom stereocenters. The van der Waals surface area contributed by atoms with Gasteiger partial charge in [-0.2, -0.15) is 0 Å². The maximum Gasteiger partial charge on any atom is 0.230 e. The zero-order chi connectivity index (χ0) is 14.1. The summed E-state index contributed by atoms with van der Waals surface area (Å²) in [5.41, 5.74) is 9.03. The van der Waals surface area contributed by atoms with E-state index in [-0.39, 0.29) is 5.88 Å². The normalized spacial score (nSPS) is 10.7. The van der Waals surface area contributed by atoms with Crippen molar-refractivity contribution in [1.29, 1.82) is 0 Å². The fourth-order valence-electron chi connectivity index (χ4n) is 2.03. The number of anilines is 1. The summed E-state index contributed by atoms with van der Waals surface area (Å²) in [6.07, 6.45) is 0.